The molecular formula is C14H19ClN2O. The number of hydrogen-bond donors (Lipinski definition) is 1. The lowest BCUT2D eigenvalue weighted by Crippen LogP contribution is -2.48. The van der Waals surface area contributed by atoms with Crippen molar-refractivity contribution in [2.45, 2.75) is 19.0 Å². The summed E-state index contributed by atoms with van der Waals surface area (Å²) in [4.78, 5) is 14.5. The summed E-state index contributed by atoms with van der Waals surface area (Å²) in [5.41, 5.74) is 0.767. The Balaban J connectivity index is 2.06. The Morgan fingerprint density at radius 1 is 1.33 bits per heavy atom. The minimum absolute atomic E-state index is 0.111. The lowest BCUT2D eigenvalue weighted by atomic mass is 9.88. The summed E-state index contributed by atoms with van der Waals surface area (Å²) >= 11 is 5.84. The molecular weight excluding hydrogens is 248 g/mol. The number of ketones is 1. The van der Waals surface area contributed by atoms with Gasteiger partial charge in [0.15, 0.2) is 5.78 Å². The third-order valence-electron chi connectivity index (χ3n) is 3.50. The van der Waals surface area contributed by atoms with Crippen molar-refractivity contribution >= 4 is 17.4 Å². The smallest absolute Gasteiger partial charge is 0.166 e. The molecule has 2 rings (SSSR count). The van der Waals surface area contributed by atoms with Gasteiger partial charge in [0.25, 0.3) is 0 Å². The Bertz CT molecular complexity index is 416. The molecule has 4 heteroatoms. The molecule has 1 aromatic carbocycles. The molecule has 98 valence electrons. The highest BCUT2D eigenvalue weighted by Crippen LogP contribution is 2.22. The summed E-state index contributed by atoms with van der Waals surface area (Å²) in [7, 11) is 4.07. The van der Waals surface area contributed by atoms with Crippen molar-refractivity contribution in [3.63, 3.8) is 0 Å². The number of carbonyl (C=O) groups excluding carboxylic acids is 1. The first kappa shape index (κ1) is 13.5. The van der Waals surface area contributed by atoms with Gasteiger partial charge >= 0.3 is 0 Å². The van der Waals surface area contributed by atoms with Crippen LogP contribution in [-0.4, -0.2) is 37.5 Å². The van der Waals surface area contributed by atoms with Gasteiger partial charge in [-0.1, -0.05) is 11.6 Å². The van der Waals surface area contributed by atoms with Crippen LogP contribution in [0, 0.1) is 5.92 Å². The fraction of sp³-hybridized carbons (Fsp3) is 0.500. The van der Waals surface area contributed by atoms with E-state index in [1.807, 2.05) is 26.2 Å². The highest BCUT2D eigenvalue weighted by molar-refractivity contribution is 6.30. The first-order valence-electron chi connectivity index (χ1n) is 6.27. The maximum absolute atomic E-state index is 12.4. The van der Waals surface area contributed by atoms with Gasteiger partial charge in [0.05, 0.1) is 6.17 Å². The zero-order chi connectivity index (χ0) is 13.1. The lowest BCUT2D eigenvalue weighted by Gasteiger charge is -2.33. The second kappa shape index (κ2) is 5.83. The lowest BCUT2D eigenvalue weighted by molar-refractivity contribution is 0.0824. The molecule has 1 N–H and O–H groups in total. The topological polar surface area (TPSA) is 32.3 Å². The van der Waals surface area contributed by atoms with Crippen LogP contribution in [-0.2, 0) is 0 Å². The third-order valence-corrected chi connectivity index (χ3v) is 3.76. The second-order valence-corrected chi connectivity index (χ2v) is 5.46. The number of Topliss-reactive ketones (excluding diaryl/α,β-unsaturated/α-hetero) is 1. The normalized spacial score (nSPS) is 24.2. The molecule has 0 amide bonds. The summed E-state index contributed by atoms with van der Waals surface area (Å²) in [6.07, 6.45) is 2.07. The molecule has 1 aliphatic rings. The molecule has 0 aromatic heterocycles. The first-order chi connectivity index (χ1) is 8.58. The van der Waals surface area contributed by atoms with Crippen molar-refractivity contribution in [1.82, 2.24) is 10.2 Å². The van der Waals surface area contributed by atoms with Crippen LogP contribution in [0.15, 0.2) is 24.3 Å². The van der Waals surface area contributed by atoms with E-state index >= 15 is 0 Å². The third kappa shape index (κ3) is 3.10. The Kier molecular flexibility index (Phi) is 4.38. The molecule has 3 nitrogen and oxygen atoms in total. The maximum Gasteiger partial charge on any atom is 0.166 e. The average Bonchev–Trinajstić information content (AvgIpc) is 2.39. The summed E-state index contributed by atoms with van der Waals surface area (Å²) in [5, 5.41) is 4.09. The molecule has 0 saturated carbocycles. The molecule has 1 fully saturated rings. The number of piperidine rings is 1. The largest absolute Gasteiger partial charge is 0.302 e. The van der Waals surface area contributed by atoms with E-state index in [-0.39, 0.29) is 11.7 Å². The van der Waals surface area contributed by atoms with E-state index in [1.165, 1.54) is 0 Å². The van der Waals surface area contributed by atoms with Crippen LogP contribution in [0.5, 0.6) is 0 Å². The van der Waals surface area contributed by atoms with Crippen LogP contribution >= 0.6 is 11.6 Å². The zero-order valence-corrected chi connectivity index (χ0v) is 11.6. The van der Waals surface area contributed by atoms with Crippen molar-refractivity contribution in [2.75, 3.05) is 20.6 Å². The van der Waals surface area contributed by atoms with Crippen molar-refractivity contribution in [2.24, 2.45) is 5.92 Å². The number of halogens is 1. The van der Waals surface area contributed by atoms with Crippen LogP contribution in [0.1, 0.15) is 23.2 Å². The molecule has 2 atom stereocenters. The van der Waals surface area contributed by atoms with E-state index in [9.17, 15) is 4.79 Å². The van der Waals surface area contributed by atoms with Gasteiger partial charge in [0.1, 0.15) is 0 Å². The molecule has 1 heterocycles. The Hall–Kier alpha value is -0.900. The van der Waals surface area contributed by atoms with Crippen LogP contribution in [0.25, 0.3) is 0 Å². The summed E-state index contributed by atoms with van der Waals surface area (Å²) in [6, 6.07) is 7.19. The van der Waals surface area contributed by atoms with E-state index in [0.717, 1.165) is 24.9 Å². The maximum atomic E-state index is 12.4. The van der Waals surface area contributed by atoms with Crippen molar-refractivity contribution < 1.29 is 4.79 Å². The van der Waals surface area contributed by atoms with Gasteiger partial charge < -0.3 is 5.32 Å². The minimum Gasteiger partial charge on any atom is -0.302 e. The Morgan fingerprint density at radius 2 is 2.00 bits per heavy atom. The second-order valence-electron chi connectivity index (χ2n) is 5.03. The van der Waals surface area contributed by atoms with Crippen LogP contribution < -0.4 is 5.32 Å². The van der Waals surface area contributed by atoms with Crippen molar-refractivity contribution in [3.8, 4) is 0 Å². The van der Waals surface area contributed by atoms with Gasteiger partial charge in [-0.15, -0.1) is 0 Å². The molecule has 1 saturated heterocycles. The van der Waals surface area contributed by atoms with Crippen LogP contribution in [0.4, 0.5) is 0 Å². The summed E-state index contributed by atoms with van der Waals surface area (Å²) in [6.45, 7) is 0.896. The number of rotatable bonds is 3. The molecule has 2 unspecified atom stereocenters. The number of carbonyl (C=O) groups is 1. The molecule has 18 heavy (non-hydrogen) atoms. The Labute approximate surface area is 113 Å². The minimum atomic E-state index is 0.111. The highest BCUT2D eigenvalue weighted by Gasteiger charge is 2.28. The fourth-order valence-electron chi connectivity index (χ4n) is 2.38. The first-order valence-corrected chi connectivity index (χ1v) is 6.65. The number of nitrogens with zero attached hydrogens (tertiary/aromatic N) is 1. The molecule has 0 spiro atoms. The molecule has 1 aromatic rings. The van der Waals surface area contributed by atoms with Crippen LogP contribution in [0.2, 0.25) is 5.02 Å². The average molecular weight is 267 g/mol. The fourth-order valence-corrected chi connectivity index (χ4v) is 2.50. The van der Waals surface area contributed by atoms with Crippen LogP contribution in [0.3, 0.4) is 0 Å². The Morgan fingerprint density at radius 3 is 2.61 bits per heavy atom. The predicted molar refractivity (Wildman–Crippen MR) is 74.0 cm³/mol. The highest BCUT2D eigenvalue weighted by atomic mass is 35.5. The quantitative estimate of drug-likeness (QED) is 0.853. The number of nitrogens with one attached hydrogen (secondary N) is 1. The van der Waals surface area contributed by atoms with E-state index in [4.69, 9.17) is 11.6 Å². The van der Waals surface area contributed by atoms with Gasteiger partial charge in [-0.25, -0.2) is 0 Å². The predicted octanol–water partition coefficient (Wildman–Crippen LogP) is 2.41. The van der Waals surface area contributed by atoms with E-state index in [2.05, 4.69) is 10.2 Å². The monoisotopic (exact) mass is 266 g/mol. The van der Waals surface area contributed by atoms with E-state index in [0.29, 0.717) is 11.2 Å². The van der Waals surface area contributed by atoms with Gasteiger partial charge in [0.2, 0.25) is 0 Å². The number of hydrogen-bond acceptors (Lipinski definition) is 3. The molecule has 0 bridgehead atoms. The molecule has 0 radical (unpaired) electrons. The van der Waals surface area contributed by atoms with Gasteiger partial charge in [0, 0.05) is 16.5 Å². The van der Waals surface area contributed by atoms with Crippen molar-refractivity contribution in [3.05, 3.63) is 34.9 Å². The van der Waals surface area contributed by atoms with Crippen molar-refractivity contribution in [1.29, 1.82) is 0 Å². The zero-order valence-electron chi connectivity index (χ0n) is 10.8. The van der Waals surface area contributed by atoms with Gasteiger partial charge in [-0.2, -0.15) is 0 Å². The standard InChI is InChI=1S/C14H19ClN2O/c1-17(2)13-9-11(7-8-16-13)14(18)10-3-5-12(15)6-4-10/h3-6,11,13,16H,7-9H2,1-2H3. The van der Waals surface area contributed by atoms with E-state index in [1.54, 1.807) is 12.1 Å². The summed E-state index contributed by atoms with van der Waals surface area (Å²) in [5.74, 6) is 0.347. The summed E-state index contributed by atoms with van der Waals surface area (Å²) < 4.78 is 0. The SMILES string of the molecule is CN(C)C1CC(C(=O)c2ccc(Cl)cc2)CCN1. The number of benzene rings is 1. The molecule has 0 aliphatic carbocycles. The van der Waals surface area contributed by atoms with Gasteiger partial charge in [-0.05, 0) is 57.7 Å². The molecule has 1 aliphatic heterocycles. The van der Waals surface area contributed by atoms with E-state index < -0.39 is 0 Å². The van der Waals surface area contributed by atoms with Gasteiger partial charge in [-0.3, -0.25) is 9.69 Å².